The van der Waals surface area contributed by atoms with Crippen LogP contribution < -0.4 is 15.4 Å². The molecule has 12 heteroatoms. The first-order chi connectivity index (χ1) is 25.0. The molecule has 0 aliphatic carbocycles. The predicted molar refractivity (Wildman–Crippen MR) is 197 cm³/mol. The Morgan fingerprint density at radius 1 is 1.04 bits per heavy atom. The number of ether oxygens (including phenoxy) is 5. The van der Waals surface area contributed by atoms with Crippen LogP contribution in [0.3, 0.4) is 0 Å². The highest BCUT2D eigenvalue weighted by Crippen LogP contribution is 2.45. The van der Waals surface area contributed by atoms with E-state index in [-0.39, 0.29) is 49.9 Å². The largest absolute Gasteiger partial charge is 0.495 e. The lowest BCUT2D eigenvalue weighted by Gasteiger charge is -2.27. The lowest BCUT2D eigenvalue weighted by molar-refractivity contribution is -0.176. The van der Waals surface area contributed by atoms with Gasteiger partial charge in [-0.2, -0.15) is 0 Å². The third-order valence-corrected chi connectivity index (χ3v) is 9.39. The molecule has 2 N–H and O–H groups in total. The van der Waals surface area contributed by atoms with Crippen LogP contribution in [0.5, 0.6) is 5.75 Å². The van der Waals surface area contributed by atoms with Gasteiger partial charge in [0.25, 0.3) is 0 Å². The van der Waals surface area contributed by atoms with Crippen molar-refractivity contribution in [3.63, 3.8) is 0 Å². The maximum atomic E-state index is 13.8. The molecule has 1 fully saturated rings. The van der Waals surface area contributed by atoms with Crippen LogP contribution in [0, 0.1) is 17.8 Å². The van der Waals surface area contributed by atoms with Gasteiger partial charge in [-0.25, -0.2) is 4.79 Å². The average Bonchev–Trinajstić information content (AvgIpc) is 3.92. The van der Waals surface area contributed by atoms with E-state index in [1.54, 1.807) is 30.4 Å². The molecule has 52 heavy (non-hydrogen) atoms. The molecule has 2 amide bonds. The van der Waals surface area contributed by atoms with Crippen molar-refractivity contribution in [1.29, 1.82) is 0 Å². The van der Waals surface area contributed by atoms with Crippen molar-refractivity contribution >= 4 is 35.4 Å². The highest BCUT2D eigenvalue weighted by Gasteiger charge is 2.47. The molecule has 2 aliphatic heterocycles. The summed E-state index contributed by atoms with van der Waals surface area (Å²) in [7, 11) is 1.51. The smallest absolute Gasteiger partial charge is 0.347 e. The Bertz CT molecular complexity index is 1550. The fourth-order valence-corrected chi connectivity index (χ4v) is 6.44. The van der Waals surface area contributed by atoms with E-state index in [2.05, 4.69) is 17.2 Å². The number of epoxide rings is 1. The molecule has 0 saturated carbocycles. The topological polar surface area (TPSA) is 142 Å². The zero-order valence-electron chi connectivity index (χ0n) is 30.4. The maximum absolute atomic E-state index is 13.8. The number of nitrogens with one attached hydrogen (secondary N) is 2. The van der Waals surface area contributed by atoms with Gasteiger partial charge in [-0.3, -0.25) is 14.4 Å². The molecule has 2 heterocycles. The summed E-state index contributed by atoms with van der Waals surface area (Å²) in [6.07, 6.45) is 3.67. The summed E-state index contributed by atoms with van der Waals surface area (Å²) in [6, 6.07) is 13.9. The second-order valence-corrected chi connectivity index (χ2v) is 14.0. The van der Waals surface area contributed by atoms with Gasteiger partial charge in [-0.05, 0) is 54.5 Å². The van der Waals surface area contributed by atoms with Gasteiger partial charge in [0.15, 0.2) is 6.10 Å². The lowest BCUT2D eigenvalue weighted by Crippen LogP contribution is -2.49. The molecule has 0 bridgehead atoms. The Morgan fingerprint density at radius 2 is 1.81 bits per heavy atom. The number of esters is 2. The fourth-order valence-electron chi connectivity index (χ4n) is 6.16. The molecule has 1 saturated heterocycles. The van der Waals surface area contributed by atoms with Gasteiger partial charge >= 0.3 is 11.9 Å². The first-order valence-electron chi connectivity index (χ1n) is 17.9. The van der Waals surface area contributed by atoms with Crippen LogP contribution in [0.4, 0.5) is 0 Å². The van der Waals surface area contributed by atoms with E-state index in [9.17, 15) is 19.2 Å². The highest BCUT2D eigenvalue weighted by atomic mass is 35.5. The minimum Gasteiger partial charge on any atom is -0.495 e. The zero-order valence-corrected chi connectivity index (χ0v) is 31.1. The first kappa shape index (κ1) is 40.6. The van der Waals surface area contributed by atoms with Gasteiger partial charge in [-0.1, -0.05) is 80.9 Å². The van der Waals surface area contributed by atoms with Crippen LogP contribution in [0.25, 0.3) is 0 Å². The Kier molecular flexibility index (Phi) is 15.7. The number of hydrogen-bond donors (Lipinski definition) is 2. The number of benzene rings is 2. The molecule has 0 radical (unpaired) electrons. The molecule has 282 valence electrons. The van der Waals surface area contributed by atoms with Crippen molar-refractivity contribution in [2.24, 2.45) is 17.8 Å². The summed E-state index contributed by atoms with van der Waals surface area (Å²) in [5, 5.41) is 5.98. The normalized spacial score (nSPS) is 25.7. The fraction of sp³-hybridized carbons (Fsp3) is 0.500. The molecule has 0 unspecified atom stereocenters. The van der Waals surface area contributed by atoms with Crippen LogP contribution >= 0.6 is 11.6 Å². The summed E-state index contributed by atoms with van der Waals surface area (Å²) >= 11 is 6.36. The standard InChI is InChI=1S/C40H51ClN2O9/c1-6-19-49-20-11-14-29-24-42-38(45)31(23-27-17-18-33(48-5)30(41)22-27)43-35(44)16-10-15-32(50-40(47)34(21-25(2)3)51-39(29)46)26(4)36-37(52-36)28-12-8-7-9-13-28/h6-10,12-13,16-18,22,25-26,29,31-32,34,36-37H,1,11,14-15,19-21,23-24H2,2-5H3,(H,42,45)(H,43,44)/b16-10+/t26-,29-,31+,32-,34-,36+,37+/m0/s1. The van der Waals surface area contributed by atoms with Crippen molar-refractivity contribution < 1.29 is 42.9 Å². The second kappa shape index (κ2) is 20.2. The molecule has 0 aromatic heterocycles. The quantitative estimate of drug-likeness (QED) is 0.108. The number of methoxy groups -OCH3 is 1. The number of carbonyl (C=O) groups excluding carboxylic acids is 4. The van der Waals surface area contributed by atoms with Crippen molar-refractivity contribution in [2.45, 2.75) is 83.3 Å². The van der Waals surface area contributed by atoms with Gasteiger partial charge < -0.3 is 34.3 Å². The van der Waals surface area contributed by atoms with Crippen molar-refractivity contribution in [3.05, 3.63) is 89.5 Å². The number of carbonyl (C=O) groups is 4. The van der Waals surface area contributed by atoms with Gasteiger partial charge in [0.2, 0.25) is 11.8 Å². The molecule has 2 aliphatic rings. The van der Waals surface area contributed by atoms with Gasteiger partial charge in [-0.15, -0.1) is 6.58 Å². The Morgan fingerprint density at radius 3 is 2.50 bits per heavy atom. The van der Waals surface area contributed by atoms with Crippen LogP contribution in [0.2, 0.25) is 5.02 Å². The molecule has 4 rings (SSSR count). The van der Waals surface area contributed by atoms with E-state index in [1.807, 2.05) is 51.1 Å². The van der Waals surface area contributed by atoms with Crippen molar-refractivity contribution in [2.75, 3.05) is 26.9 Å². The monoisotopic (exact) mass is 738 g/mol. The third-order valence-electron chi connectivity index (χ3n) is 9.09. The van der Waals surface area contributed by atoms with E-state index in [0.29, 0.717) is 42.4 Å². The molecule has 0 spiro atoms. The number of cyclic esters (lactones) is 2. The van der Waals surface area contributed by atoms with E-state index in [0.717, 1.165) is 5.56 Å². The van der Waals surface area contributed by atoms with Crippen LogP contribution in [-0.2, 0) is 44.5 Å². The maximum Gasteiger partial charge on any atom is 0.347 e. The SMILES string of the molecule is C=CCOCCC[C@H]1CNC(=O)[C@@H](Cc2ccc(OC)c(Cl)c2)NC(=O)/C=C/C[C@@H]([C@H](C)[C@H]2O[C@@H]2c2ccccc2)OC(=O)[C@H](CC(C)C)OC1=O. The Hall–Kier alpha value is -4.19. The van der Waals surface area contributed by atoms with E-state index >= 15 is 0 Å². The van der Waals surface area contributed by atoms with Gasteiger partial charge in [0.1, 0.15) is 24.0 Å². The summed E-state index contributed by atoms with van der Waals surface area (Å²) in [5.74, 6) is -2.91. The number of halogens is 1. The summed E-state index contributed by atoms with van der Waals surface area (Å²) in [6.45, 7) is 10.1. The van der Waals surface area contributed by atoms with Crippen molar-refractivity contribution in [1.82, 2.24) is 10.6 Å². The minimum absolute atomic E-state index is 0.00214. The number of rotatable bonds is 14. The summed E-state index contributed by atoms with van der Waals surface area (Å²) in [4.78, 5) is 54.5. The minimum atomic E-state index is -1.17. The lowest BCUT2D eigenvalue weighted by atomic mass is 9.93. The third kappa shape index (κ3) is 12.2. The van der Waals surface area contributed by atoms with Gasteiger partial charge in [0.05, 0.1) is 30.8 Å². The van der Waals surface area contributed by atoms with Crippen LogP contribution in [0.1, 0.15) is 63.7 Å². The summed E-state index contributed by atoms with van der Waals surface area (Å²) in [5.41, 5.74) is 1.71. The second-order valence-electron chi connectivity index (χ2n) is 13.6. The molecular weight excluding hydrogens is 688 g/mol. The Balaban J connectivity index is 1.62. The first-order valence-corrected chi connectivity index (χ1v) is 18.3. The van der Waals surface area contributed by atoms with Crippen molar-refractivity contribution in [3.8, 4) is 5.75 Å². The Labute approximate surface area is 311 Å². The van der Waals surface area contributed by atoms with E-state index < -0.39 is 47.9 Å². The highest BCUT2D eigenvalue weighted by molar-refractivity contribution is 6.32. The molecule has 11 nitrogen and oxygen atoms in total. The van der Waals surface area contributed by atoms with Crippen LogP contribution in [-0.4, -0.2) is 75.0 Å². The predicted octanol–water partition coefficient (Wildman–Crippen LogP) is 5.70. The zero-order chi connectivity index (χ0) is 37.6. The molecule has 2 aromatic carbocycles. The molecule has 7 atom stereocenters. The number of hydrogen-bond acceptors (Lipinski definition) is 9. The summed E-state index contributed by atoms with van der Waals surface area (Å²) < 4.78 is 28.8. The van der Waals surface area contributed by atoms with E-state index in [1.165, 1.54) is 13.2 Å². The van der Waals surface area contributed by atoms with Gasteiger partial charge in [0, 0.05) is 31.9 Å². The van der Waals surface area contributed by atoms with E-state index in [4.69, 9.17) is 35.3 Å². The molecule has 2 aromatic rings. The average molecular weight is 739 g/mol. The molecular formula is C40H51ClN2O9. The number of amides is 2. The van der Waals surface area contributed by atoms with Crippen LogP contribution in [0.15, 0.2) is 73.3 Å².